The second-order valence-electron chi connectivity index (χ2n) is 11.7. The lowest BCUT2D eigenvalue weighted by molar-refractivity contribution is 1.24. The van der Waals surface area contributed by atoms with E-state index >= 15 is 0 Å². The first-order chi connectivity index (χ1) is 22.6. The van der Waals surface area contributed by atoms with Crippen LogP contribution in [0.4, 0.5) is 0 Å². The average molecular weight is 591 g/mol. The molecule has 0 saturated carbocycles. The van der Waals surface area contributed by atoms with Crippen molar-refractivity contribution in [2.75, 3.05) is 0 Å². The molecule has 8 aromatic rings. The molecule has 4 nitrogen and oxygen atoms in total. The van der Waals surface area contributed by atoms with Crippen molar-refractivity contribution in [3.05, 3.63) is 157 Å². The van der Waals surface area contributed by atoms with Gasteiger partial charge >= 0.3 is 0 Å². The van der Waals surface area contributed by atoms with Crippen LogP contribution in [-0.2, 0) is 0 Å². The van der Waals surface area contributed by atoms with E-state index in [1.807, 2.05) is 24.8 Å². The molecular formula is C42H30N4. The molecule has 0 unspecified atom stereocenters. The number of aromatic nitrogens is 4. The second kappa shape index (κ2) is 11.5. The van der Waals surface area contributed by atoms with Crippen LogP contribution in [0.15, 0.2) is 146 Å². The quantitative estimate of drug-likeness (QED) is 0.187. The number of hydrogen-bond donors (Lipinski definition) is 0. The van der Waals surface area contributed by atoms with Crippen LogP contribution < -0.4 is 0 Å². The monoisotopic (exact) mass is 590 g/mol. The zero-order valence-corrected chi connectivity index (χ0v) is 25.6. The third kappa shape index (κ3) is 5.00. The van der Waals surface area contributed by atoms with Gasteiger partial charge in [0.1, 0.15) is 0 Å². The van der Waals surface area contributed by atoms with Crippen LogP contribution in [0.3, 0.4) is 0 Å². The summed E-state index contributed by atoms with van der Waals surface area (Å²) in [6.07, 6.45) is 7.51. The van der Waals surface area contributed by atoms with E-state index in [0.29, 0.717) is 0 Å². The van der Waals surface area contributed by atoms with Crippen LogP contribution in [0.25, 0.3) is 77.7 Å². The maximum atomic E-state index is 5.26. The summed E-state index contributed by atoms with van der Waals surface area (Å²) in [5, 5.41) is 4.52. The van der Waals surface area contributed by atoms with Gasteiger partial charge < -0.3 is 0 Å². The Balaban J connectivity index is 1.44. The summed E-state index contributed by atoms with van der Waals surface area (Å²) >= 11 is 0. The second-order valence-corrected chi connectivity index (χ2v) is 11.7. The minimum absolute atomic E-state index is 0.898. The Morgan fingerprint density at radius 3 is 1.41 bits per heavy atom. The molecular weight excluding hydrogens is 560 g/mol. The number of aryl methyl sites for hydroxylation is 2. The van der Waals surface area contributed by atoms with Crippen LogP contribution in [0.5, 0.6) is 0 Å². The van der Waals surface area contributed by atoms with E-state index in [2.05, 4.69) is 145 Å². The van der Waals surface area contributed by atoms with Gasteiger partial charge in [0.25, 0.3) is 0 Å². The number of rotatable bonds is 5. The van der Waals surface area contributed by atoms with Crippen molar-refractivity contribution in [1.29, 1.82) is 0 Å². The smallest absolute Gasteiger partial charge is 0.0725 e. The molecule has 0 aliphatic rings. The molecule has 0 saturated heterocycles. The Labute approximate surface area is 268 Å². The van der Waals surface area contributed by atoms with E-state index in [0.717, 1.165) is 83.3 Å². The standard InChI is InChI=1S/C42H30N4/c1-27-20-31(25-43-23-27)37-14-8-16-39(45-37)41-33-12-6-7-13-34(33)42(36-22-30(18-19-35(36)41)29-10-4-3-5-11-29)40-17-9-15-38(46-40)32-21-28(2)24-44-26-32/h3-26H,1-2H3. The van der Waals surface area contributed by atoms with Crippen LogP contribution in [0, 0.1) is 13.8 Å². The van der Waals surface area contributed by atoms with Crippen molar-refractivity contribution in [3.8, 4) is 56.2 Å². The van der Waals surface area contributed by atoms with Gasteiger partial charge in [0.2, 0.25) is 0 Å². The Morgan fingerprint density at radius 2 is 0.848 bits per heavy atom. The fourth-order valence-corrected chi connectivity index (χ4v) is 6.40. The summed E-state index contributed by atoms with van der Waals surface area (Å²) in [7, 11) is 0. The maximum absolute atomic E-state index is 5.26. The molecule has 0 radical (unpaired) electrons. The third-order valence-electron chi connectivity index (χ3n) is 8.48. The van der Waals surface area contributed by atoms with Gasteiger partial charge in [0.15, 0.2) is 0 Å². The molecule has 8 rings (SSSR count). The number of nitrogens with zero attached hydrogens (tertiary/aromatic N) is 4. The molecule has 0 N–H and O–H groups in total. The number of fused-ring (bicyclic) bond motifs is 2. The molecule has 4 heterocycles. The lowest BCUT2D eigenvalue weighted by Crippen LogP contribution is -1.96. The molecule has 4 heteroatoms. The Hall–Kier alpha value is -6.00. The summed E-state index contributed by atoms with van der Waals surface area (Å²) in [5.41, 5.74) is 12.4. The topological polar surface area (TPSA) is 51.6 Å². The SMILES string of the molecule is Cc1cncc(-c2cccc(-c3c4ccccc4c(-c4cccc(-c5cncc(C)c5)n4)c4cc(-c5ccccc5)ccc34)n2)c1. The predicted molar refractivity (Wildman–Crippen MR) is 189 cm³/mol. The van der Waals surface area contributed by atoms with Crippen LogP contribution in [0.2, 0.25) is 0 Å². The van der Waals surface area contributed by atoms with Crippen LogP contribution >= 0.6 is 0 Å². The number of benzene rings is 4. The van der Waals surface area contributed by atoms with Crippen molar-refractivity contribution in [3.63, 3.8) is 0 Å². The van der Waals surface area contributed by atoms with E-state index in [9.17, 15) is 0 Å². The highest BCUT2D eigenvalue weighted by atomic mass is 14.7. The highest BCUT2D eigenvalue weighted by Crippen LogP contribution is 2.44. The molecule has 0 amide bonds. The summed E-state index contributed by atoms with van der Waals surface area (Å²) < 4.78 is 0. The van der Waals surface area contributed by atoms with Gasteiger partial charge in [-0.15, -0.1) is 0 Å². The van der Waals surface area contributed by atoms with Crippen molar-refractivity contribution >= 4 is 21.5 Å². The van der Waals surface area contributed by atoms with Gasteiger partial charge in [-0.2, -0.15) is 0 Å². The Morgan fingerprint density at radius 1 is 0.348 bits per heavy atom. The molecule has 0 spiro atoms. The molecule has 218 valence electrons. The van der Waals surface area contributed by atoms with Crippen LogP contribution in [0.1, 0.15) is 11.1 Å². The minimum atomic E-state index is 0.898. The molecule has 0 atom stereocenters. The van der Waals surface area contributed by atoms with Crippen LogP contribution in [-0.4, -0.2) is 19.9 Å². The van der Waals surface area contributed by atoms with E-state index in [1.54, 1.807) is 0 Å². The van der Waals surface area contributed by atoms with Crippen molar-refractivity contribution in [2.45, 2.75) is 13.8 Å². The van der Waals surface area contributed by atoms with Gasteiger partial charge in [0, 0.05) is 47.0 Å². The lowest BCUT2D eigenvalue weighted by atomic mass is 9.87. The molecule has 0 fully saturated rings. The lowest BCUT2D eigenvalue weighted by Gasteiger charge is -2.18. The fourth-order valence-electron chi connectivity index (χ4n) is 6.40. The zero-order chi connectivity index (χ0) is 31.0. The molecule has 4 aromatic heterocycles. The highest BCUT2D eigenvalue weighted by molar-refractivity contribution is 6.21. The first-order valence-electron chi connectivity index (χ1n) is 15.5. The molecule has 0 aliphatic carbocycles. The third-order valence-corrected chi connectivity index (χ3v) is 8.48. The average Bonchev–Trinajstić information content (AvgIpc) is 3.11. The highest BCUT2D eigenvalue weighted by Gasteiger charge is 2.20. The van der Waals surface area contributed by atoms with E-state index in [4.69, 9.17) is 9.97 Å². The summed E-state index contributed by atoms with van der Waals surface area (Å²) in [4.78, 5) is 19.4. The fraction of sp³-hybridized carbons (Fsp3) is 0.0476. The molecule has 0 aliphatic heterocycles. The predicted octanol–water partition coefficient (Wildman–Crippen LogP) is 10.5. The Bertz CT molecular complexity index is 2400. The first kappa shape index (κ1) is 27.5. The van der Waals surface area contributed by atoms with Gasteiger partial charge in [-0.3, -0.25) is 9.97 Å². The van der Waals surface area contributed by atoms with Crippen molar-refractivity contribution < 1.29 is 0 Å². The largest absolute Gasteiger partial charge is 0.264 e. The summed E-state index contributed by atoms with van der Waals surface area (Å²) in [6.45, 7) is 4.12. The van der Waals surface area contributed by atoms with E-state index < -0.39 is 0 Å². The molecule has 4 aromatic carbocycles. The van der Waals surface area contributed by atoms with E-state index in [-0.39, 0.29) is 0 Å². The van der Waals surface area contributed by atoms with Gasteiger partial charge in [-0.1, -0.05) is 78.9 Å². The van der Waals surface area contributed by atoms with Crippen molar-refractivity contribution in [1.82, 2.24) is 19.9 Å². The van der Waals surface area contributed by atoms with Gasteiger partial charge in [-0.05, 0) is 100 Å². The number of pyridine rings is 4. The van der Waals surface area contributed by atoms with E-state index in [1.165, 1.54) is 5.56 Å². The van der Waals surface area contributed by atoms with Crippen molar-refractivity contribution in [2.24, 2.45) is 0 Å². The van der Waals surface area contributed by atoms with Gasteiger partial charge in [0.05, 0.1) is 22.8 Å². The summed E-state index contributed by atoms with van der Waals surface area (Å²) in [5.74, 6) is 0. The first-order valence-corrected chi connectivity index (χ1v) is 15.5. The minimum Gasteiger partial charge on any atom is -0.264 e. The Kier molecular flexibility index (Phi) is 6.88. The van der Waals surface area contributed by atoms with Gasteiger partial charge in [-0.25, -0.2) is 9.97 Å². The number of hydrogen-bond acceptors (Lipinski definition) is 4. The maximum Gasteiger partial charge on any atom is 0.0725 e. The normalized spacial score (nSPS) is 11.3. The molecule has 0 bridgehead atoms. The summed E-state index contributed by atoms with van der Waals surface area (Å²) in [6, 6.07) is 42.8. The zero-order valence-electron chi connectivity index (χ0n) is 25.6. The molecule has 46 heavy (non-hydrogen) atoms.